The molecule has 0 rings (SSSR count). The van der Waals surface area contributed by atoms with Gasteiger partial charge < -0.3 is 14.7 Å². The number of hydrogen-bond donors (Lipinski definition) is 1. The summed E-state index contributed by atoms with van der Waals surface area (Å²) in [5.41, 5.74) is 0. The van der Waals surface area contributed by atoms with Gasteiger partial charge >= 0.3 is 0 Å². The van der Waals surface area contributed by atoms with E-state index in [9.17, 15) is 4.79 Å². The predicted molar refractivity (Wildman–Crippen MR) is 50.3 cm³/mol. The van der Waals surface area contributed by atoms with Crippen molar-refractivity contribution >= 4 is 5.91 Å². The van der Waals surface area contributed by atoms with Crippen LogP contribution in [0.2, 0.25) is 0 Å². The third-order valence-corrected chi connectivity index (χ3v) is 1.81. The molecule has 0 radical (unpaired) electrons. The first kappa shape index (κ1) is 12.9. The Morgan fingerprint density at radius 3 is 2.71 bits per heavy atom. The molecule has 14 heavy (non-hydrogen) atoms. The van der Waals surface area contributed by atoms with Gasteiger partial charge in [-0.1, -0.05) is 0 Å². The number of amides is 1. The number of carbonyl (C=O) groups excluding carboxylic acids is 1. The van der Waals surface area contributed by atoms with Crippen molar-refractivity contribution in [2.75, 3.05) is 33.4 Å². The maximum absolute atomic E-state index is 11.5. The zero-order valence-electron chi connectivity index (χ0n) is 8.56. The topological polar surface area (TPSA) is 73.6 Å². The van der Waals surface area contributed by atoms with E-state index in [1.807, 2.05) is 6.07 Å². The minimum absolute atomic E-state index is 0.104. The second-order valence-corrected chi connectivity index (χ2v) is 2.89. The van der Waals surface area contributed by atoms with Crippen LogP contribution in [0.3, 0.4) is 0 Å². The zero-order valence-corrected chi connectivity index (χ0v) is 8.56. The van der Waals surface area contributed by atoms with Crippen molar-refractivity contribution in [3.05, 3.63) is 0 Å². The molecule has 0 spiro atoms. The van der Waals surface area contributed by atoms with Crippen LogP contribution in [0.1, 0.15) is 6.92 Å². The van der Waals surface area contributed by atoms with Crippen LogP contribution in [0.5, 0.6) is 0 Å². The van der Waals surface area contributed by atoms with Crippen LogP contribution in [0.4, 0.5) is 0 Å². The average Bonchev–Trinajstić information content (AvgIpc) is 2.22. The molecule has 0 heterocycles. The first-order valence-electron chi connectivity index (χ1n) is 4.45. The average molecular weight is 200 g/mol. The van der Waals surface area contributed by atoms with Gasteiger partial charge in [0.05, 0.1) is 19.3 Å². The Morgan fingerprint density at radius 2 is 2.29 bits per heavy atom. The minimum Gasteiger partial charge on any atom is -0.395 e. The van der Waals surface area contributed by atoms with E-state index in [1.165, 1.54) is 12.0 Å². The molecule has 0 aliphatic carbocycles. The van der Waals surface area contributed by atoms with Crippen molar-refractivity contribution < 1.29 is 14.6 Å². The number of ether oxygens (including phenoxy) is 1. The highest BCUT2D eigenvalue weighted by Gasteiger charge is 2.18. The van der Waals surface area contributed by atoms with Gasteiger partial charge in [0.2, 0.25) is 5.91 Å². The molecule has 0 fully saturated rings. The quantitative estimate of drug-likeness (QED) is 0.634. The fourth-order valence-electron chi connectivity index (χ4n) is 0.983. The zero-order chi connectivity index (χ0) is 11.0. The lowest BCUT2D eigenvalue weighted by Gasteiger charge is -2.22. The largest absolute Gasteiger partial charge is 0.395 e. The van der Waals surface area contributed by atoms with Crippen LogP contribution in [-0.2, 0) is 9.53 Å². The van der Waals surface area contributed by atoms with E-state index >= 15 is 0 Å². The summed E-state index contributed by atoms with van der Waals surface area (Å²) in [4.78, 5) is 12.9. The number of nitriles is 1. The van der Waals surface area contributed by atoms with Gasteiger partial charge in [-0.05, 0) is 6.92 Å². The van der Waals surface area contributed by atoms with E-state index in [4.69, 9.17) is 15.1 Å². The van der Waals surface area contributed by atoms with Gasteiger partial charge in [-0.25, -0.2) is 0 Å². The van der Waals surface area contributed by atoms with Gasteiger partial charge in [0.25, 0.3) is 0 Å². The van der Waals surface area contributed by atoms with Crippen molar-refractivity contribution in [1.29, 1.82) is 5.26 Å². The number of nitrogens with zero attached hydrogens (tertiary/aromatic N) is 2. The van der Waals surface area contributed by atoms with Gasteiger partial charge in [-0.3, -0.25) is 4.79 Å². The molecule has 1 unspecified atom stereocenters. The van der Waals surface area contributed by atoms with Crippen molar-refractivity contribution in [2.24, 2.45) is 5.92 Å². The maximum atomic E-state index is 11.5. The predicted octanol–water partition coefficient (Wildman–Crippen LogP) is -0.387. The van der Waals surface area contributed by atoms with Gasteiger partial charge in [-0.2, -0.15) is 5.26 Å². The highest BCUT2D eigenvalue weighted by Crippen LogP contribution is 2.00. The van der Waals surface area contributed by atoms with Crippen LogP contribution in [0.25, 0.3) is 0 Å². The molecular weight excluding hydrogens is 184 g/mol. The van der Waals surface area contributed by atoms with Crippen molar-refractivity contribution in [2.45, 2.75) is 6.92 Å². The van der Waals surface area contributed by atoms with Crippen molar-refractivity contribution in [3.63, 3.8) is 0 Å². The van der Waals surface area contributed by atoms with Gasteiger partial charge in [0.1, 0.15) is 5.92 Å². The number of aliphatic hydroxyl groups is 1. The van der Waals surface area contributed by atoms with Crippen molar-refractivity contribution in [3.8, 4) is 6.07 Å². The Labute approximate surface area is 83.9 Å². The van der Waals surface area contributed by atoms with Gasteiger partial charge in [-0.15, -0.1) is 0 Å². The molecule has 5 heteroatoms. The minimum atomic E-state index is -0.668. The smallest absolute Gasteiger partial charge is 0.239 e. The van der Waals surface area contributed by atoms with Crippen LogP contribution in [0, 0.1) is 17.2 Å². The van der Waals surface area contributed by atoms with Gasteiger partial charge in [0, 0.05) is 20.2 Å². The molecule has 1 atom stereocenters. The molecule has 0 aromatic heterocycles. The van der Waals surface area contributed by atoms with E-state index < -0.39 is 5.92 Å². The number of hydrogen-bond acceptors (Lipinski definition) is 4. The molecule has 0 aromatic carbocycles. The molecule has 80 valence electrons. The van der Waals surface area contributed by atoms with Crippen molar-refractivity contribution in [1.82, 2.24) is 4.90 Å². The SMILES string of the molecule is COCCN(CCO)C(=O)C(C)C#N. The molecule has 0 bridgehead atoms. The monoisotopic (exact) mass is 200 g/mol. The Kier molecular flexibility index (Phi) is 6.72. The fraction of sp³-hybridized carbons (Fsp3) is 0.778. The van der Waals surface area contributed by atoms with E-state index in [2.05, 4.69) is 0 Å². The summed E-state index contributed by atoms with van der Waals surface area (Å²) in [7, 11) is 1.54. The van der Waals surface area contributed by atoms with E-state index in [-0.39, 0.29) is 19.1 Å². The van der Waals surface area contributed by atoms with Gasteiger partial charge in [0.15, 0.2) is 0 Å². The molecule has 0 saturated carbocycles. The number of methoxy groups -OCH3 is 1. The second kappa shape index (κ2) is 7.30. The molecule has 5 nitrogen and oxygen atoms in total. The Morgan fingerprint density at radius 1 is 1.64 bits per heavy atom. The highest BCUT2D eigenvalue weighted by molar-refractivity contribution is 5.80. The summed E-state index contributed by atoms with van der Waals surface area (Å²) in [6, 6.07) is 1.87. The number of aliphatic hydroxyl groups excluding tert-OH is 1. The van der Waals surface area contributed by atoms with Crippen LogP contribution < -0.4 is 0 Å². The summed E-state index contributed by atoms with van der Waals surface area (Å²) >= 11 is 0. The Bertz CT molecular complexity index is 213. The first-order valence-corrected chi connectivity index (χ1v) is 4.45. The molecule has 1 N–H and O–H groups in total. The Hall–Kier alpha value is -1.12. The molecule has 0 aliphatic heterocycles. The van der Waals surface area contributed by atoms with E-state index in [0.29, 0.717) is 13.2 Å². The summed E-state index contributed by atoms with van der Waals surface area (Å²) < 4.78 is 4.82. The molecule has 0 aliphatic rings. The third kappa shape index (κ3) is 4.21. The van der Waals surface area contributed by atoms with Crippen LogP contribution in [0.15, 0.2) is 0 Å². The van der Waals surface area contributed by atoms with Crippen LogP contribution in [-0.4, -0.2) is 49.3 Å². The molecule has 1 amide bonds. The third-order valence-electron chi connectivity index (χ3n) is 1.81. The normalized spacial score (nSPS) is 11.9. The second-order valence-electron chi connectivity index (χ2n) is 2.89. The highest BCUT2D eigenvalue weighted by atomic mass is 16.5. The summed E-state index contributed by atoms with van der Waals surface area (Å²) in [5, 5.41) is 17.3. The molecule has 0 saturated heterocycles. The number of rotatable bonds is 6. The Balaban J connectivity index is 4.18. The molecule has 0 aromatic rings. The van der Waals surface area contributed by atoms with Crippen LogP contribution >= 0.6 is 0 Å². The number of carbonyl (C=O) groups is 1. The summed E-state index contributed by atoms with van der Waals surface area (Å²) in [6.45, 7) is 2.49. The first-order chi connectivity index (χ1) is 6.67. The van der Waals surface area contributed by atoms with E-state index in [0.717, 1.165) is 0 Å². The maximum Gasteiger partial charge on any atom is 0.239 e. The standard InChI is InChI=1S/C9H16N2O3/c1-8(7-10)9(13)11(3-5-12)4-6-14-2/h8,12H,3-6H2,1-2H3. The van der Waals surface area contributed by atoms with E-state index in [1.54, 1.807) is 6.92 Å². The summed E-state index contributed by atoms with van der Waals surface area (Å²) in [6.07, 6.45) is 0. The lowest BCUT2D eigenvalue weighted by atomic mass is 10.2. The lowest BCUT2D eigenvalue weighted by Crippen LogP contribution is -2.39. The summed E-state index contributed by atoms with van der Waals surface area (Å²) in [5.74, 6) is -0.933. The lowest BCUT2D eigenvalue weighted by molar-refractivity contribution is -0.134. The fourth-order valence-corrected chi connectivity index (χ4v) is 0.983. The molecular formula is C9H16N2O3.